The van der Waals surface area contributed by atoms with Crippen molar-refractivity contribution in [2.24, 2.45) is 0 Å². The Bertz CT molecular complexity index is 550. The van der Waals surface area contributed by atoms with Crippen molar-refractivity contribution in [1.29, 1.82) is 0 Å². The fourth-order valence-corrected chi connectivity index (χ4v) is 3.18. The van der Waals surface area contributed by atoms with Gasteiger partial charge in [0.15, 0.2) is 0 Å². The fraction of sp³-hybridized carbons (Fsp3) is 0.579. The van der Waals surface area contributed by atoms with Crippen molar-refractivity contribution in [1.82, 2.24) is 10.2 Å². The van der Waals surface area contributed by atoms with E-state index in [9.17, 15) is 9.59 Å². The molecule has 0 atom stereocenters. The van der Waals surface area contributed by atoms with Gasteiger partial charge in [0.1, 0.15) is 0 Å². The van der Waals surface area contributed by atoms with Crippen molar-refractivity contribution in [3.8, 4) is 0 Å². The number of aliphatic carboxylic acids is 1. The maximum atomic E-state index is 12.0. The molecule has 2 rings (SSSR count). The number of nitrogens with one attached hydrogen (secondary N) is 1. The van der Waals surface area contributed by atoms with Gasteiger partial charge < -0.3 is 10.4 Å². The fourth-order valence-electron chi connectivity index (χ4n) is 3.18. The maximum absolute atomic E-state index is 12.0. The van der Waals surface area contributed by atoms with Crippen LogP contribution in [0.4, 0.5) is 0 Å². The minimum absolute atomic E-state index is 0.0817. The van der Waals surface area contributed by atoms with Gasteiger partial charge in [-0.25, -0.2) is 0 Å². The number of rotatable bonds is 9. The van der Waals surface area contributed by atoms with Gasteiger partial charge in [-0.1, -0.05) is 36.8 Å². The lowest BCUT2D eigenvalue weighted by molar-refractivity contribution is -0.139. The first-order valence-electron chi connectivity index (χ1n) is 8.78. The highest BCUT2D eigenvalue weighted by molar-refractivity contribution is 5.76. The SMILES string of the molecule is CCN(CC(=O)O)C1CC(NC(=O)CCCc2ccc(C)cc2)C1. The molecule has 0 radical (unpaired) electrons. The number of hydrogen-bond donors (Lipinski definition) is 2. The Labute approximate surface area is 144 Å². The van der Waals surface area contributed by atoms with Crippen LogP contribution in [0, 0.1) is 6.92 Å². The van der Waals surface area contributed by atoms with E-state index in [4.69, 9.17) is 5.11 Å². The van der Waals surface area contributed by atoms with E-state index in [1.165, 1.54) is 11.1 Å². The Hall–Kier alpha value is -1.88. The van der Waals surface area contributed by atoms with Crippen LogP contribution in [0.1, 0.15) is 43.7 Å². The second kappa shape index (κ2) is 8.83. The van der Waals surface area contributed by atoms with E-state index in [0.717, 1.165) is 32.2 Å². The molecule has 1 saturated carbocycles. The van der Waals surface area contributed by atoms with Crippen LogP contribution < -0.4 is 5.32 Å². The molecule has 1 fully saturated rings. The Morgan fingerprint density at radius 2 is 1.92 bits per heavy atom. The zero-order chi connectivity index (χ0) is 17.5. The van der Waals surface area contributed by atoms with Crippen molar-refractivity contribution in [2.75, 3.05) is 13.1 Å². The van der Waals surface area contributed by atoms with Gasteiger partial charge in [0.25, 0.3) is 0 Å². The molecule has 1 aromatic rings. The smallest absolute Gasteiger partial charge is 0.317 e. The normalized spacial score (nSPS) is 19.8. The molecule has 0 bridgehead atoms. The van der Waals surface area contributed by atoms with Crippen LogP contribution >= 0.6 is 0 Å². The Morgan fingerprint density at radius 3 is 2.50 bits per heavy atom. The summed E-state index contributed by atoms with van der Waals surface area (Å²) in [7, 11) is 0. The van der Waals surface area contributed by atoms with Gasteiger partial charge in [0.2, 0.25) is 5.91 Å². The molecular weight excluding hydrogens is 304 g/mol. The highest BCUT2D eigenvalue weighted by Gasteiger charge is 2.34. The van der Waals surface area contributed by atoms with Crippen LogP contribution in [0.5, 0.6) is 0 Å². The number of likely N-dealkylation sites (N-methyl/N-ethyl adjacent to an activating group) is 1. The summed E-state index contributed by atoms with van der Waals surface area (Å²) in [5.41, 5.74) is 2.52. The lowest BCUT2D eigenvalue weighted by atomic mass is 9.85. The zero-order valence-corrected chi connectivity index (χ0v) is 14.6. The predicted octanol–water partition coefficient (Wildman–Crippen LogP) is 2.37. The topological polar surface area (TPSA) is 69.6 Å². The van der Waals surface area contributed by atoms with Crippen LogP contribution in [0.3, 0.4) is 0 Å². The molecule has 24 heavy (non-hydrogen) atoms. The summed E-state index contributed by atoms with van der Waals surface area (Å²) in [5, 5.41) is 12.0. The summed E-state index contributed by atoms with van der Waals surface area (Å²) < 4.78 is 0. The maximum Gasteiger partial charge on any atom is 0.317 e. The standard InChI is InChI=1S/C19H28N2O3/c1-3-21(13-19(23)24)17-11-16(12-17)20-18(22)6-4-5-15-9-7-14(2)8-10-15/h7-10,16-17H,3-6,11-13H2,1-2H3,(H,20,22)(H,23,24). The van der Waals surface area contributed by atoms with Gasteiger partial charge in [-0.3, -0.25) is 14.5 Å². The van der Waals surface area contributed by atoms with Crippen LogP contribution in [-0.2, 0) is 16.0 Å². The van der Waals surface area contributed by atoms with Crippen molar-refractivity contribution < 1.29 is 14.7 Å². The molecular formula is C19H28N2O3. The number of aryl methyl sites for hydroxylation is 2. The number of carbonyl (C=O) groups excluding carboxylic acids is 1. The second-order valence-electron chi connectivity index (χ2n) is 6.69. The van der Waals surface area contributed by atoms with Crippen molar-refractivity contribution in [3.05, 3.63) is 35.4 Å². The zero-order valence-electron chi connectivity index (χ0n) is 14.6. The summed E-state index contributed by atoms with van der Waals surface area (Å²) in [6, 6.07) is 8.91. The first-order valence-corrected chi connectivity index (χ1v) is 8.78. The van der Waals surface area contributed by atoms with E-state index >= 15 is 0 Å². The molecule has 0 heterocycles. The minimum atomic E-state index is -0.791. The van der Waals surface area contributed by atoms with Crippen LogP contribution in [0.15, 0.2) is 24.3 Å². The summed E-state index contributed by atoms with van der Waals surface area (Å²) in [5.74, 6) is -0.688. The molecule has 132 valence electrons. The van der Waals surface area contributed by atoms with Gasteiger partial charge in [-0.15, -0.1) is 0 Å². The van der Waals surface area contributed by atoms with Crippen LogP contribution in [0.2, 0.25) is 0 Å². The first-order chi connectivity index (χ1) is 11.5. The molecule has 0 spiro atoms. The third-order valence-electron chi connectivity index (χ3n) is 4.73. The molecule has 0 aromatic heterocycles. The van der Waals surface area contributed by atoms with E-state index in [-0.39, 0.29) is 24.5 Å². The molecule has 0 unspecified atom stereocenters. The van der Waals surface area contributed by atoms with Crippen molar-refractivity contribution >= 4 is 11.9 Å². The van der Waals surface area contributed by atoms with E-state index in [0.29, 0.717) is 6.42 Å². The Balaban J connectivity index is 1.62. The number of carboxylic acids is 1. The van der Waals surface area contributed by atoms with Crippen molar-refractivity contribution in [2.45, 2.75) is 58.0 Å². The first kappa shape index (κ1) is 18.5. The average molecular weight is 332 g/mol. The monoisotopic (exact) mass is 332 g/mol. The van der Waals surface area contributed by atoms with Gasteiger partial charge >= 0.3 is 5.97 Å². The minimum Gasteiger partial charge on any atom is -0.480 e. The predicted molar refractivity (Wildman–Crippen MR) is 94.0 cm³/mol. The molecule has 1 amide bonds. The summed E-state index contributed by atoms with van der Waals surface area (Å²) in [6.07, 6.45) is 4.02. The largest absolute Gasteiger partial charge is 0.480 e. The molecule has 0 aliphatic heterocycles. The van der Waals surface area contributed by atoms with E-state index in [1.807, 2.05) is 11.8 Å². The van der Waals surface area contributed by atoms with E-state index in [1.54, 1.807) is 0 Å². The number of amides is 1. The molecule has 5 heteroatoms. The lowest BCUT2D eigenvalue weighted by Gasteiger charge is -2.42. The summed E-state index contributed by atoms with van der Waals surface area (Å²) >= 11 is 0. The second-order valence-corrected chi connectivity index (χ2v) is 6.69. The quantitative estimate of drug-likeness (QED) is 0.728. The number of nitrogens with zero attached hydrogens (tertiary/aromatic N) is 1. The highest BCUT2D eigenvalue weighted by Crippen LogP contribution is 2.25. The lowest BCUT2D eigenvalue weighted by Crippen LogP contribution is -2.54. The Morgan fingerprint density at radius 1 is 1.25 bits per heavy atom. The highest BCUT2D eigenvalue weighted by atomic mass is 16.4. The molecule has 1 aromatic carbocycles. The number of carbonyl (C=O) groups is 2. The Kier molecular flexibility index (Phi) is 6.79. The number of benzene rings is 1. The van der Waals surface area contributed by atoms with Gasteiger partial charge in [-0.2, -0.15) is 0 Å². The molecule has 1 aliphatic rings. The van der Waals surface area contributed by atoms with Crippen LogP contribution in [0.25, 0.3) is 0 Å². The number of hydrogen-bond acceptors (Lipinski definition) is 3. The summed E-state index contributed by atoms with van der Waals surface area (Å²) in [6.45, 7) is 4.85. The van der Waals surface area contributed by atoms with E-state index < -0.39 is 5.97 Å². The van der Waals surface area contributed by atoms with Crippen molar-refractivity contribution in [3.63, 3.8) is 0 Å². The van der Waals surface area contributed by atoms with Gasteiger partial charge in [-0.05, 0) is 44.7 Å². The van der Waals surface area contributed by atoms with Gasteiger partial charge in [0.05, 0.1) is 6.54 Å². The van der Waals surface area contributed by atoms with E-state index in [2.05, 4.69) is 36.5 Å². The third kappa shape index (κ3) is 5.64. The molecule has 1 aliphatic carbocycles. The van der Waals surface area contributed by atoms with Crippen LogP contribution in [-0.4, -0.2) is 47.1 Å². The number of carboxylic acid groups (broad SMARTS) is 1. The molecule has 0 saturated heterocycles. The average Bonchev–Trinajstić information content (AvgIpc) is 2.50. The molecule has 2 N–H and O–H groups in total. The third-order valence-corrected chi connectivity index (χ3v) is 4.73. The summed E-state index contributed by atoms with van der Waals surface area (Å²) in [4.78, 5) is 24.8. The van der Waals surface area contributed by atoms with Gasteiger partial charge in [0, 0.05) is 18.5 Å². The molecule has 5 nitrogen and oxygen atoms in total.